The lowest BCUT2D eigenvalue weighted by Crippen LogP contribution is -2.63. The van der Waals surface area contributed by atoms with Crippen LogP contribution in [0.3, 0.4) is 0 Å². The lowest BCUT2D eigenvalue weighted by Gasteiger charge is -2.56. The maximum Gasteiger partial charge on any atom is 0.127 e. The molecule has 2 aliphatic carbocycles. The van der Waals surface area contributed by atoms with Crippen molar-refractivity contribution in [1.82, 2.24) is 4.90 Å². The minimum absolute atomic E-state index is 0.235. The summed E-state index contributed by atoms with van der Waals surface area (Å²) in [7, 11) is 2.31. The van der Waals surface area contributed by atoms with Gasteiger partial charge in [-0.1, -0.05) is 45.1 Å². The van der Waals surface area contributed by atoms with Crippen molar-refractivity contribution in [3.8, 4) is 5.75 Å². The van der Waals surface area contributed by atoms with E-state index in [2.05, 4.69) is 57.0 Å². The first-order valence-electron chi connectivity index (χ1n) is 9.25. The first-order valence-corrected chi connectivity index (χ1v) is 9.25. The molecule has 23 heavy (non-hydrogen) atoms. The van der Waals surface area contributed by atoms with Gasteiger partial charge in [0.15, 0.2) is 0 Å². The predicted octanol–water partition coefficient (Wildman–Crippen LogP) is 3.89. The zero-order chi connectivity index (χ0) is 15.9. The van der Waals surface area contributed by atoms with Crippen LogP contribution < -0.4 is 4.74 Å². The van der Waals surface area contributed by atoms with Crippen LogP contribution in [0.5, 0.6) is 5.75 Å². The molecular weight excluding hydrogens is 282 g/mol. The van der Waals surface area contributed by atoms with Crippen molar-refractivity contribution >= 4 is 0 Å². The molecule has 1 aromatic rings. The summed E-state index contributed by atoms with van der Waals surface area (Å²) in [5.74, 6) is 2.91. The zero-order valence-corrected chi connectivity index (χ0v) is 14.7. The molecule has 5 rings (SSSR count). The van der Waals surface area contributed by atoms with Crippen molar-refractivity contribution in [2.45, 2.75) is 57.1 Å². The molecule has 2 aliphatic heterocycles. The van der Waals surface area contributed by atoms with Crippen molar-refractivity contribution in [2.75, 3.05) is 13.6 Å². The van der Waals surface area contributed by atoms with Gasteiger partial charge in [-0.3, -0.25) is 0 Å². The van der Waals surface area contributed by atoms with Gasteiger partial charge in [-0.2, -0.15) is 0 Å². The highest BCUT2D eigenvalue weighted by Gasteiger charge is 2.63. The van der Waals surface area contributed by atoms with E-state index in [1.54, 1.807) is 11.1 Å². The molecule has 1 saturated heterocycles. The van der Waals surface area contributed by atoms with Crippen LogP contribution >= 0.6 is 0 Å². The molecule has 4 aliphatic rings. The van der Waals surface area contributed by atoms with E-state index in [1.807, 2.05) is 0 Å². The molecule has 1 aromatic carbocycles. The van der Waals surface area contributed by atoms with Crippen molar-refractivity contribution < 1.29 is 4.74 Å². The Morgan fingerprint density at radius 3 is 2.87 bits per heavy atom. The van der Waals surface area contributed by atoms with Crippen LogP contribution in [-0.4, -0.2) is 30.6 Å². The van der Waals surface area contributed by atoms with Gasteiger partial charge in [-0.15, -0.1) is 0 Å². The Bertz CT molecular complexity index is 706. The molecule has 0 radical (unpaired) electrons. The highest BCUT2D eigenvalue weighted by molar-refractivity contribution is 5.60. The third-order valence-electron chi connectivity index (χ3n) is 7.10. The van der Waals surface area contributed by atoms with Crippen LogP contribution in [0.25, 0.3) is 0 Å². The molecule has 0 saturated carbocycles. The van der Waals surface area contributed by atoms with Crippen molar-refractivity contribution in [3.05, 3.63) is 41.0 Å². The monoisotopic (exact) mass is 309 g/mol. The van der Waals surface area contributed by atoms with Crippen LogP contribution in [0.1, 0.15) is 49.8 Å². The van der Waals surface area contributed by atoms with Crippen LogP contribution in [0, 0.1) is 11.8 Å². The summed E-state index contributed by atoms with van der Waals surface area (Å²) in [6.07, 6.45) is 7.71. The van der Waals surface area contributed by atoms with Gasteiger partial charge >= 0.3 is 0 Å². The van der Waals surface area contributed by atoms with E-state index in [4.69, 9.17) is 4.74 Å². The average molecular weight is 309 g/mol. The maximum absolute atomic E-state index is 6.75. The average Bonchev–Trinajstić information content (AvgIpc) is 2.87. The SMILES string of the molecule is CC(C)c1ccc2c3c1O[C@H]1C(C)C=C[C@H]4C(C2)N(C)CC[C@@]341. The Labute approximate surface area is 139 Å². The van der Waals surface area contributed by atoms with Gasteiger partial charge < -0.3 is 9.64 Å². The number of benzene rings is 1. The molecule has 2 bridgehead atoms. The second-order valence-electron chi connectivity index (χ2n) is 8.52. The molecule has 2 heterocycles. The Morgan fingerprint density at radius 2 is 2.09 bits per heavy atom. The number of piperidine rings is 1. The molecular formula is C21H27NO. The number of rotatable bonds is 1. The highest BCUT2D eigenvalue weighted by atomic mass is 16.5. The van der Waals surface area contributed by atoms with E-state index >= 15 is 0 Å². The Morgan fingerprint density at radius 1 is 1.26 bits per heavy atom. The summed E-state index contributed by atoms with van der Waals surface area (Å²) in [6.45, 7) is 8.13. The first kappa shape index (κ1) is 14.1. The smallest absolute Gasteiger partial charge is 0.127 e. The van der Waals surface area contributed by atoms with Crippen LogP contribution in [0.4, 0.5) is 0 Å². The number of hydrogen-bond acceptors (Lipinski definition) is 2. The van der Waals surface area contributed by atoms with Gasteiger partial charge in [-0.25, -0.2) is 0 Å². The molecule has 0 N–H and O–H groups in total. The first-order chi connectivity index (χ1) is 11.0. The molecule has 0 amide bonds. The van der Waals surface area contributed by atoms with E-state index < -0.39 is 0 Å². The molecule has 122 valence electrons. The minimum Gasteiger partial charge on any atom is -0.488 e. The summed E-state index contributed by atoms with van der Waals surface area (Å²) < 4.78 is 6.75. The topological polar surface area (TPSA) is 12.5 Å². The Hall–Kier alpha value is -1.28. The van der Waals surface area contributed by atoms with Crippen LogP contribution in [0.2, 0.25) is 0 Å². The summed E-state index contributed by atoms with van der Waals surface area (Å²) in [5.41, 5.74) is 4.80. The molecule has 2 heteroatoms. The third kappa shape index (κ3) is 1.54. The predicted molar refractivity (Wildman–Crippen MR) is 93.2 cm³/mol. The van der Waals surface area contributed by atoms with Crippen LogP contribution in [-0.2, 0) is 11.8 Å². The van der Waals surface area contributed by atoms with Gasteiger partial charge in [0.25, 0.3) is 0 Å². The fourth-order valence-corrected chi connectivity index (χ4v) is 5.99. The zero-order valence-electron chi connectivity index (χ0n) is 14.7. The lowest BCUT2D eigenvalue weighted by atomic mass is 9.52. The summed E-state index contributed by atoms with van der Waals surface area (Å²) >= 11 is 0. The Balaban J connectivity index is 1.81. The van der Waals surface area contributed by atoms with E-state index in [-0.39, 0.29) is 5.41 Å². The molecule has 5 atom stereocenters. The summed E-state index contributed by atoms with van der Waals surface area (Å²) in [6, 6.07) is 5.38. The van der Waals surface area contributed by atoms with Gasteiger partial charge in [0.2, 0.25) is 0 Å². The molecule has 2 unspecified atom stereocenters. The normalized spacial score (nSPS) is 40.2. The molecule has 1 fully saturated rings. The van der Waals surface area contributed by atoms with E-state index in [1.165, 1.54) is 30.7 Å². The maximum atomic E-state index is 6.75. The summed E-state index contributed by atoms with van der Waals surface area (Å²) in [4.78, 5) is 2.59. The van der Waals surface area contributed by atoms with E-state index in [0.29, 0.717) is 29.9 Å². The van der Waals surface area contributed by atoms with Gasteiger partial charge in [0.05, 0.1) is 0 Å². The summed E-state index contributed by atoms with van der Waals surface area (Å²) in [5, 5.41) is 0. The van der Waals surface area contributed by atoms with Crippen molar-refractivity contribution in [3.63, 3.8) is 0 Å². The number of ether oxygens (including phenoxy) is 1. The number of hydrogen-bond donors (Lipinski definition) is 0. The second kappa shape index (κ2) is 4.42. The molecule has 0 aromatic heterocycles. The fourth-order valence-electron chi connectivity index (χ4n) is 5.99. The van der Waals surface area contributed by atoms with E-state index in [9.17, 15) is 0 Å². The van der Waals surface area contributed by atoms with E-state index in [0.717, 1.165) is 0 Å². The quantitative estimate of drug-likeness (QED) is 0.730. The van der Waals surface area contributed by atoms with Crippen LogP contribution in [0.15, 0.2) is 24.3 Å². The van der Waals surface area contributed by atoms with Crippen molar-refractivity contribution in [1.29, 1.82) is 0 Å². The number of likely N-dealkylation sites (N-methyl/N-ethyl adjacent to an activating group) is 1. The minimum atomic E-state index is 0.235. The standard InChI is InChI=1S/C21H27NO/c1-12(2)15-7-6-14-11-17-16-8-5-13(3)20-21(16,9-10-22(17)4)18(14)19(15)23-20/h5-8,12-13,16-17,20H,9-11H2,1-4H3/t13?,16-,17?,20-,21-/m0/s1. The number of nitrogens with zero attached hydrogens (tertiary/aromatic N) is 1. The van der Waals surface area contributed by atoms with Gasteiger partial charge in [0, 0.05) is 28.9 Å². The lowest BCUT2D eigenvalue weighted by molar-refractivity contribution is -0.0142. The van der Waals surface area contributed by atoms with Gasteiger partial charge in [0.1, 0.15) is 11.9 Å². The molecule has 2 nitrogen and oxygen atoms in total. The van der Waals surface area contributed by atoms with Gasteiger partial charge in [-0.05, 0) is 43.5 Å². The fraction of sp³-hybridized carbons (Fsp3) is 0.619. The second-order valence-corrected chi connectivity index (χ2v) is 8.52. The van der Waals surface area contributed by atoms with Crippen molar-refractivity contribution in [2.24, 2.45) is 11.8 Å². The molecule has 1 spiro atoms. The largest absolute Gasteiger partial charge is 0.488 e. The third-order valence-corrected chi connectivity index (χ3v) is 7.10. The number of likely N-dealkylation sites (tertiary alicyclic amines) is 1. The Kier molecular flexibility index (Phi) is 2.71. The highest BCUT2D eigenvalue weighted by Crippen LogP contribution is 2.62.